The lowest BCUT2D eigenvalue weighted by molar-refractivity contribution is 0.0771. The Bertz CT molecular complexity index is 298. The number of carbonyl (C=O) groups excluding carboxylic acids is 1. The number of carbonyl (C=O) groups is 1. The van der Waals surface area contributed by atoms with Gasteiger partial charge in [0.05, 0.1) is 17.8 Å². The predicted molar refractivity (Wildman–Crippen MR) is 50.9 cm³/mol. The van der Waals surface area contributed by atoms with Crippen LogP contribution in [0, 0.1) is 6.92 Å². The van der Waals surface area contributed by atoms with Gasteiger partial charge in [-0.2, -0.15) is 0 Å². The van der Waals surface area contributed by atoms with Crippen LogP contribution < -0.4 is 0 Å². The first-order valence-corrected chi connectivity index (χ1v) is 4.75. The topological polar surface area (TPSA) is 53.4 Å². The van der Waals surface area contributed by atoms with Crippen molar-refractivity contribution in [2.45, 2.75) is 6.92 Å². The van der Waals surface area contributed by atoms with Crippen LogP contribution in [0.2, 0.25) is 0 Å². The molecule has 1 aromatic rings. The van der Waals surface area contributed by atoms with Crippen LogP contribution in [-0.4, -0.2) is 41.1 Å². The summed E-state index contributed by atoms with van der Waals surface area (Å²) in [5.41, 5.74) is 0. The van der Waals surface area contributed by atoms with Crippen LogP contribution in [0.4, 0.5) is 0 Å². The van der Waals surface area contributed by atoms with E-state index >= 15 is 0 Å². The van der Waals surface area contributed by atoms with E-state index in [-0.39, 0.29) is 12.5 Å². The SMILES string of the molecule is Cc1ncc(C(=O)N(C)CCO)s1. The minimum Gasteiger partial charge on any atom is -0.395 e. The van der Waals surface area contributed by atoms with Crippen LogP contribution in [0.5, 0.6) is 0 Å². The zero-order valence-electron chi connectivity index (χ0n) is 7.65. The third kappa shape index (κ3) is 2.50. The fourth-order valence-corrected chi connectivity index (χ4v) is 1.67. The summed E-state index contributed by atoms with van der Waals surface area (Å²) in [4.78, 5) is 17.6. The number of rotatable bonds is 3. The maximum absolute atomic E-state index is 11.5. The number of amides is 1. The third-order valence-electron chi connectivity index (χ3n) is 1.61. The minimum atomic E-state index is -0.0837. The number of hydrogen-bond acceptors (Lipinski definition) is 4. The standard InChI is InChI=1S/C8H12N2O2S/c1-6-9-5-7(13-6)8(12)10(2)3-4-11/h5,11H,3-4H2,1-2H3. The second kappa shape index (κ2) is 4.34. The zero-order valence-corrected chi connectivity index (χ0v) is 8.47. The van der Waals surface area contributed by atoms with Crippen molar-refractivity contribution in [1.82, 2.24) is 9.88 Å². The Morgan fingerprint density at radius 3 is 2.92 bits per heavy atom. The number of aryl methyl sites for hydroxylation is 1. The molecule has 5 heteroatoms. The summed E-state index contributed by atoms with van der Waals surface area (Å²) in [7, 11) is 1.66. The number of aromatic nitrogens is 1. The number of nitrogens with zero attached hydrogens (tertiary/aromatic N) is 2. The fraction of sp³-hybridized carbons (Fsp3) is 0.500. The van der Waals surface area contributed by atoms with E-state index in [1.165, 1.54) is 16.2 Å². The Labute approximate surface area is 80.8 Å². The van der Waals surface area contributed by atoms with Crippen molar-refractivity contribution < 1.29 is 9.90 Å². The highest BCUT2D eigenvalue weighted by Crippen LogP contribution is 2.13. The smallest absolute Gasteiger partial charge is 0.265 e. The molecule has 0 aliphatic carbocycles. The van der Waals surface area contributed by atoms with Gasteiger partial charge in [-0.25, -0.2) is 4.98 Å². The molecule has 0 bridgehead atoms. The molecule has 13 heavy (non-hydrogen) atoms. The van der Waals surface area contributed by atoms with Crippen LogP contribution in [0.25, 0.3) is 0 Å². The van der Waals surface area contributed by atoms with Gasteiger partial charge in [0, 0.05) is 13.6 Å². The molecular formula is C8H12N2O2S. The van der Waals surface area contributed by atoms with Gasteiger partial charge in [0.2, 0.25) is 0 Å². The molecule has 72 valence electrons. The molecule has 0 saturated heterocycles. The quantitative estimate of drug-likeness (QED) is 0.773. The highest BCUT2D eigenvalue weighted by Gasteiger charge is 2.13. The van der Waals surface area contributed by atoms with E-state index in [0.717, 1.165) is 5.01 Å². The molecule has 0 aromatic carbocycles. The first kappa shape index (κ1) is 10.1. The molecule has 1 heterocycles. The highest BCUT2D eigenvalue weighted by molar-refractivity contribution is 7.13. The van der Waals surface area contributed by atoms with Gasteiger partial charge in [-0.05, 0) is 6.92 Å². The van der Waals surface area contributed by atoms with Gasteiger partial charge in [-0.3, -0.25) is 4.79 Å². The molecule has 0 saturated carbocycles. The lowest BCUT2D eigenvalue weighted by Crippen LogP contribution is -2.28. The van der Waals surface area contributed by atoms with E-state index in [1.807, 2.05) is 6.92 Å². The average Bonchev–Trinajstić information content (AvgIpc) is 2.51. The monoisotopic (exact) mass is 200 g/mol. The first-order valence-electron chi connectivity index (χ1n) is 3.94. The van der Waals surface area contributed by atoms with Gasteiger partial charge in [-0.1, -0.05) is 0 Å². The van der Waals surface area contributed by atoms with Gasteiger partial charge in [0.25, 0.3) is 5.91 Å². The summed E-state index contributed by atoms with van der Waals surface area (Å²) >= 11 is 1.37. The number of likely N-dealkylation sites (N-methyl/N-ethyl adjacent to an activating group) is 1. The summed E-state index contributed by atoms with van der Waals surface area (Å²) < 4.78 is 0. The van der Waals surface area contributed by atoms with Crippen LogP contribution in [0.15, 0.2) is 6.20 Å². The van der Waals surface area contributed by atoms with E-state index in [9.17, 15) is 4.79 Å². The van der Waals surface area contributed by atoms with Crippen molar-refractivity contribution in [3.63, 3.8) is 0 Å². The molecule has 1 amide bonds. The molecule has 0 aliphatic rings. The van der Waals surface area contributed by atoms with E-state index < -0.39 is 0 Å². The minimum absolute atomic E-state index is 0.0139. The van der Waals surface area contributed by atoms with Crippen LogP contribution in [0.3, 0.4) is 0 Å². The summed E-state index contributed by atoms with van der Waals surface area (Å²) in [5.74, 6) is -0.0837. The van der Waals surface area contributed by atoms with Crippen molar-refractivity contribution in [2.75, 3.05) is 20.2 Å². The Kier molecular flexibility index (Phi) is 3.39. The lowest BCUT2D eigenvalue weighted by atomic mass is 10.4. The van der Waals surface area contributed by atoms with Crippen molar-refractivity contribution in [2.24, 2.45) is 0 Å². The van der Waals surface area contributed by atoms with Crippen LogP contribution >= 0.6 is 11.3 Å². The van der Waals surface area contributed by atoms with Gasteiger partial charge < -0.3 is 10.0 Å². The molecule has 0 fully saturated rings. The van der Waals surface area contributed by atoms with Crippen molar-refractivity contribution in [1.29, 1.82) is 0 Å². The van der Waals surface area contributed by atoms with Gasteiger partial charge in [-0.15, -0.1) is 11.3 Å². The largest absolute Gasteiger partial charge is 0.395 e. The first-order chi connectivity index (χ1) is 6.15. The van der Waals surface area contributed by atoms with E-state index in [0.29, 0.717) is 11.4 Å². The molecule has 4 nitrogen and oxygen atoms in total. The molecule has 1 aromatic heterocycles. The number of aliphatic hydroxyl groups excluding tert-OH is 1. The Balaban J connectivity index is 2.67. The average molecular weight is 200 g/mol. The Morgan fingerprint density at radius 2 is 2.46 bits per heavy atom. The summed E-state index contributed by atoms with van der Waals surface area (Å²) in [6.07, 6.45) is 1.57. The summed E-state index contributed by atoms with van der Waals surface area (Å²) in [6, 6.07) is 0. The number of aliphatic hydroxyl groups is 1. The van der Waals surface area contributed by atoms with E-state index in [4.69, 9.17) is 5.11 Å². The fourth-order valence-electron chi connectivity index (χ4n) is 0.900. The molecular weight excluding hydrogens is 188 g/mol. The molecule has 1 rings (SSSR count). The molecule has 0 atom stereocenters. The molecule has 0 radical (unpaired) electrons. The van der Waals surface area contributed by atoms with Gasteiger partial charge in [0.15, 0.2) is 0 Å². The van der Waals surface area contributed by atoms with Crippen molar-refractivity contribution >= 4 is 17.2 Å². The van der Waals surface area contributed by atoms with Crippen molar-refractivity contribution in [3.05, 3.63) is 16.1 Å². The van der Waals surface area contributed by atoms with Gasteiger partial charge >= 0.3 is 0 Å². The number of thiazole rings is 1. The Hall–Kier alpha value is -0.940. The summed E-state index contributed by atoms with van der Waals surface area (Å²) in [6.45, 7) is 2.20. The van der Waals surface area contributed by atoms with E-state index in [2.05, 4.69) is 4.98 Å². The predicted octanol–water partition coefficient (Wildman–Crippen LogP) is 0.516. The number of hydrogen-bond donors (Lipinski definition) is 1. The third-order valence-corrected chi connectivity index (χ3v) is 2.51. The van der Waals surface area contributed by atoms with E-state index in [1.54, 1.807) is 13.2 Å². The normalized spacial score (nSPS) is 10.1. The highest BCUT2D eigenvalue weighted by atomic mass is 32.1. The maximum atomic E-state index is 11.5. The van der Waals surface area contributed by atoms with Crippen LogP contribution in [0.1, 0.15) is 14.7 Å². The Morgan fingerprint density at radius 1 is 1.77 bits per heavy atom. The maximum Gasteiger partial charge on any atom is 0.265 e. The van der Waals surface area contributed by atoms with Crippen LogP contribution in [-0.2, 0) is 0 Å². The van der Waals surface area contributed by atoms with Crippen molar-refractivity contribution in [3.8, 4) is 0 Å². The van der Waals surface area contributed by atoms with Gasteiger partial charge in [0.1, 0.15) is 4.88 Å². The molecule has 0 aliphatic heterocycles. The zero-order chi connectivity index (χ0) is 9.84. The lowest BCUT2D eigenvalue weighted by Gasteiger charge is -2.13. The second-order valence-corrected chi connectivity index (χ2v) is 3.93. The molecule has 1 N–H and O–H groups in total. The molecule has 0 unspecified atom stereocenters. The second-order valence-electron chi connectivity index (χ2n) is 2.69. The molecule has 0 spiro atoms. The summed E-state index contributed by atoms with van der Waals surface area (Å²) in [5, 5.41) is 9.51.